The van der Waals surface area contributed by atoms with E-state index in [4.69, 9.17) is 4.74 Å². The number of benzene rings is 2. The zero-order valence-corrected chi connectivity index (χ0v) is 20.2. The van der Waals surface area contributed by atoms with Crippen LogP contribution in [0.5, 0.6) is 5.75 Å². The maximum atomic E-state index is 13.4. The Labute approximate surface area is 204 Å². The molecule has 0 aromatic heterocycles. The summed E-state index contributed by atoms with van der Waals surface area (Å²) < 4.78 is 5.52. The summed E-state index contributed by atoms with van der Waals surface area (Å²) in [6.07, 6.45) is 6.44. The number of anilines is 1. The Kier molecular flexibility index (Phi) is 7.49. The van der Waals surface area contributed by atoms with Crippen LogP contribution in [0.1, 0.15) is 37.9 Å². The molecule has 2 aromatic rings. The summed E-state index contributed by atoms with van der Waals surface area (Å²) in [6.45, 7) is 8.79. The fourth-order valence-corrected chi connectivity index (χ4v) is 3.89. The van der Waals surface area contributed by atoms with Gasteiger partial charge in [-0.25, -0.2) is 0 Å². The van der Waals surface area contributed by atoms with Gasteiger partial charge in [0.05, 0.1) is 18.7 Å². The number of nitrogens with zero attached hydrogens (tertiary/aromatic N) is 2. The maximum Gasteiger partial charge on any atom is 0.294 e. The molecule has 0 spiro atoms. The van der Waals surface area contributed by atoms with E-state index in [1.54, 1.807) is 93.6 Å². The number of hydrogen-bond acceptors (Lipinski definition) is 6. The predicted octanol–water partition coefficient (Wildman–Crippen LogP) is 6.06. The Morgan fingerprint density at radius 1 is 1.11 bits per heavy atom. The smallest absolute Gasteiger partial charge is 0.294 e. The minimum Gasteiger partial charge on any atom is -0.503 e. The van der Waals surface area contributed by atoms with E-state index in [9.17, 15) is 19.6 Å². The Hall–Kier alpha value is -4.26. The van der Waals surface area contributed by atoms with Crippen molar-refractivity contribution in [1.82, 2.24) is 0 Å². The first-order chi connectivity index (χ1) is 16.6. The lowest BCUT2D eigenvalue weighted by atomic mass is 9.82. The van der Waals surface area contributed by atoms with Crippen LogP contribution in [0.3, 0.4) is 0 Å². The van der Waals surface area contributed by atoms with E-state index < -0.39 is 23.1 Å². The topological polar surface area (TPSA) is 96.3 Å². The lowest BCUT2D eigenvalue weighted by molar-refractivity contribution is -0.123. The van der Waals surface area contributed by atoms with Gasteiger partial charge in [-0.1, -0.05) is 75.9 Å². The third-order valence-electron chi connectivity index (χ3n) is 5.61. The average molecular weight is 473 g/mol. The summed E-state index contributed by atoms with van der Waals surface area (Å²) in [6, 6.07) is 12.7. The van der Waals surface area contributed by atoms with Crippen LogP contribution in [0.25, 0.3) is 5.70 Å². The van der Waals surface area contributed by atoms with Crippen LogP contribution < -0.4 is 9.64 Å². The molecule has 0 saturated carbocycles. The molecule has 2 aromatic carbocycles. The van der Waals surface area contributed by atoms with Crippen LogP contribution in [0.4, 0.5) is 5.69 Å². The molecule has 3 rings (SSSR count). The van der Waals surface area contributed by atoms with Crippen molar-refractivity contribution < 1.29 is 19.4 Å². The second-order valence-electron chi connectivity index (χ2n) is 8.97. The molecule has 0 fully saturated rings. The molecule has 0 aliphatic carbocycles. The fourth-order valence-electron chi connectivity index (χ4n) is 3.89. The van der Waals surface area contributed by atoms with Gasteiger partial charge in [0, 0.05) is 22.2 Å². The van der Waals surface area contributed by atoms with Crippen molar-refractivity contribution in [3.05, 3.63) is 107 Å². The predicted molar refractivity (Wildman–Crippen MR) is 137 cm³/mol. The van der Waals surface area contributed by atoms with Crippen molar-refractivity contribution in [3.8, 4) is 5.75 Å². The summed E-state index contributed by atoms with van der Waals surface area (Å²) in [5.74, 6) is -1.15. The zero-order chi connectivity index (χ0) is 25.8. The Bertz CT molecular complexity index is 1250. The molecule has 1 atom stereocenters. The second kappa shape index (κ2) is 10.3. The highest BCUT2D eigenvalue weighted by molar-refractivity contribution is 6.17. The number of methoxy groups -OCH3 is 1. The molecule has 1 aliphatic heterocycles. The summed E-state index contributed by atoms with van der Waals surface area (Å²) in [5.41, 5.74) is 0.923. The minimum atomic E-state index is -0.897. The number of carbonyl (C=O) groups is 2. The van der Waals surface area contributed by atoms with Crippen molar-refractivity contribution in [3.63, 3.8) is 0 Å². The molecule has 1 N–H and O–H groups in total. The van der Waals surface area contributed by atoms with Gasteiger partial charge < -0.3 is 9.84 Å². The molecule has 1 unspecified atom stereocenters. The molecule has 0 bridgehead atoms. The quantitative estimate of drug-likeness (QED) is 0.372. The van der Waals surface area contributed by atoms with E-state index in [1.807, 2.05) is 0 Å². The molecule has 0 radical (unpaired) electrons. The number of para-hydroxylation sites is 1. The standard InChI is InChI=1S/C28H28N2O5/c1-6-7-8-12-21(29-34)18-14-16-19(17-15-18)30-24(20-11-9-10-13-22(20)35-5)23(25(31)27(30)33)26(32)28(2,3)4/h6-17,24,31H,1H2,2-5H3/b8-7-,21-12-. The Balaban J connectivity index is 2.15. The Morgan fingerprint density at radius 2 is 1.77 bits per heavy atom. The van der Waals surface area contributed by atoms with Gasteiger partial charge in [-0.2, -0.15) is 0 Å². The lowest BCUT2D eigenvalue weighted by Gasteiger charge is -2.30. The van der Waals surface area contributed by atoms with Gasteiger partial charge in [0.1, 0.15) is 11.4 Å². The van der Waals surface area contributed by atoms with Gasteiger partial charge in [0.15, 0.2) is 11.5 Å². The van der Waals surface area contributed by atoms with Gasteiger partial charge in [-0.05, 0) is 29.5 Å². The first kappa shape index (κ1) is 25.4. The lowest BCUT2D eigenvalue weighted by Crippen LogP contribution is -2.33. The molecule has 1 heterocycles. The number of hydrogen-bond donors (Lipinski definition) is 1. The third kappa shape index (κ3) is 4.99. The van der Waals surface area contributed by atoms with Crippen LogP contribution in [-0.2, 0) is 9.59 Å². The summed E-state index contributed by atoms with van der Waals surface area (Å²) in [7, 11) is 1.50. The van der Waals surface area contributed by atoms with E-state index in [2.05, 4.69) is 11.8 Å². The van der Waals surface area contributed by atoms with Crippen LogP contribution in [0, 0.1) is 10.3 Å². The van der Waals surface area contributed by atoms with E-state index in [0.29, 0.717) is 22.6 Å². The average Bonchev–Trinajstić information content (AvgIpc) is 3.11. The van der Waals surface area contributed by atoms with Gasteiger partial charge in [0.2, 0.25) is 0 Å². The zero-order valence-electron chi connectivity index (χ0n) is 20.2. The van der Waals surface area contributed by atoms with Gasteiger partial charge in [-0.3, -0.25) is 14.5 Å². The van der Waals surface area contributed by atoms with E-state index in [0.717, 1.165) is 0 Å². The highest BCUT2D eigenvalue weighted by Gasteiger charge is 2.47. The molecule has 35 heavy (non-hydrogen) atoms. The molecule has 7 nitrogen and oxygen atoms in total. The number of aliphatic hydroxyl groups excluding tert-OH is 1. The maximum absolute atomic E-state index is 13.4. The third-order valence-corrected chi connectivity index (χ3v) is 5.61. The number of ether oxygens (including phenoxy) is 1. The van der Waals surface area contributed by atoms with E-state index in [1.165, 1.54) is 12.0 Å². The van der Waals surface area contributed by atoms with Crippen molar-refractivity contribution in [2.45, 2.75) is 26.8 Å². The van der Waals surface area contributed by atoms with Gasteiger partial charge >= 0.3 is 0 Å². The highest BCUT2D eigenvalue weighted by atomic mass is 16.5. The first-order valence-electron chi connectivity index (χ1n) is 11.0. The number of nitroso groups, excluding NO2 is 1. The van der Waals surface area contributed by atoms with Crippen LogP contribution in [0.2, 0.25) is 0 Å². The second-order valence-corrected chi connectivity index (χ2v) is 8.97. The van der Waals surface area contributed by atoms with Crippen LogP contribution >= 0.6 is 0 Å². The summed E-state index contributed by atoms with van der Waals surface area (Å²) in [5, 5.41) is 13.9. The van der Waals surface area contributed by atoms with Gasteiger partial charge in [0.25, 0.3) is 5.91 Å². The number of rotatable bonds is 8. The number of Topliss-reactive ketones (excluding diaryl/α,β-unsaturated/α-hetero) is 1. The molecular weight excluding hydrogens is 444 g/mol. The van der Waals surface area contributed by atoms with Crippen molar-refractivity contribution in [1.29, 1.82) is 0 Å². The molecule has 180 valence electrons. The fraction of sp³-hybridized carbons (Fsp3) is 0.214. The SMILES string of the molecule is C=C/C=C\C=C(/N=O)c1ccc(N2C(=O)C(O)=C(C(=O)C(C)(C)C)C2c2ccccc2OC)cc1. The van der Waals surface area contributed by atoms with Crippen molar-refractivity contribution in [2.75, 3.05) is 12.0 Å². The van der Waals surface area contributed by atoms with Crippen molar-refractivity contribution >= 4 is 23.1 Å². The summed E-state index contributed by atoms with van der Waals surface area (Å²) >= 11 is 0. The molecule has 7 heteroatoms. The minimum absolute atomic E-state index is 0.0146. The largest absolute Gasteiger partial charge is 0.503 e. The number of carbonyl (C=O) groups excluding carboxylic acids is 2. The summed E-state index contributed by atoms with van der Waals surface area (Å²) in [4.78, 5) is 39.4. The van der Waals surface area contributed by atoms with Crippen LogP contribution in [0.15, 0.2) is 95.9 Å². The normalized spacial score (nSPS) is 16.7. The highest BCUT2D eigenvalue weighted by Crippen LogP contribution is 2.45. The molecule has 1 amide bonds. The molecule has 0 saturated heterocycles. The van der Waals surface area contributed by atoms with Crippen LogP contribution in [-0.4, -0.2) is 23.9 Å². The number of amides is 1. The first-order valence-corrected chi connectivity index (χ1v) is 11.0. The number of ketones is 1. The van der Waals surface area contributed by atoms with Crippen molar-refractivity contribution in [2.24, 2.45) is 10.6 Å². The number of allylic oxidation sites excluding steroid dienone is 4. The van der Waals surface area contributed by atoms with Gasteiger partial charge in [-0.15, -0.1) is 4.91 Å². The Morgan fingerprint density at radius 3 is 2.34 bits per heavy atom. The van der Waals surface area contributed by atoms with E-state index >= 15 is 0 Å². The number of aliphatic hydroxyl groups is 1. The van der Waals surface area contributed by atoms with E-state index in [-0.39, 0.29) is 17.1 Å². The monoisotopic (exact) mass is 472 g/mol. The molecule has 1 aliphatic rings. The molecular formula is C28H28N2O5.